The highest BCUT2D eigenvalue weighted by Gasteiger charge is 2.47. The van der Waals surface area contributed by atoms with Gasteiger partial charge >= 0.3 is 11.0 Å². The lowest BCUT2D eigenvalue weighted by atomic mass is 9.75. The third-order valence-corrected chi connectivity index (χ3v) is 7.74. The molecule has 0 aromatic carbocycles. The summed E-state index contributed by atoms with van der Waals surface area (Å²) >= 11 is 0. The average Bonchev–Trinajstić information content (AvgIpc) is 3.03. The van der Waals surface area contributed by atoms with Crippen LogP contribution in [0.25, 0.3) is 4.13 Å². The standard InChI is InChI=1S/C15H27N2O.C2F6NO4S2/c1-12(2)14-6-5-13(3)9-15(14)18-11-17-8-7-16(4)10-17;3-1(4,5)14(10,11)9-15(12,13)2(6,7)8/h7-8,10,12-15H,5-6,9,11H2,1-4H3;/q+1;-1/t13-,14+,15-;/m0./s1. The van der Waals surface area contributed by atoms with E-state index in [1.807, 2.05) is 17.8 Å². The van der Waals surface area contributed by atoms with Gasteiger partial charge in [-0.05, 0) is 30.6 Å². The number of halogens is 6. The lowest BCUT2D eigenvalue weighted by molar-refractivity contribution is -0.671. The SMILES string of the molecule is CC(C)[C@H]1CC[C@H](C)C[C@@H]1OCn1cc[n+](C)c1.O=S(=O)([N-]S(=O)(=O)C(F)(F)F)C(F)(F)F. The molecule has 0 aliphatic heterocycles. The quantitative estimate of drug-likeness (QED) is 0.411. The van der Waals surface area contributed by atoms with Crippen LogP contribution in [-0.2, 0) is 38.6 Å². The van der Waals surface area contributed by atoms with Gasteiger partial charge in [-0.3, -0.25) is 0 Å². The van der Waals surface area contributed by atoms with E-state index in [2.05, 4.69) is 37.9 Å². The summed E-state index contributed by atoms with van der Waals surface area (Å²) < 4.78 is 120. The zero-order valence-corrected chi connectivity index (χ0v) is 20.0. The summed E-state index contributed by atoms with van der Waals surface area (Å²) in [6, 6.07) is 0. The van der Waals surface area contributed by atoms with Crippen molar-refractivity contribution in [2.45, 2.75) is 63.9 Å². The number of alkyl halides is 6. The summed E-state index contributed by atoms with van der Waals surface area (Å²) in [5.74, 6) is 2.26. The first-order chi connectivity index (χ1) is 14.8. The van der Waals surface area contributed by atoms with Gasteiger partial charge in [-0.1, -0.05) is 27.2 Å². The van der Waals surface area contributed by atoms with Gasteiger partial charge in [0.15, 0.2) is 26.8 Å². The second-order valence-electron chi connectivity index (χ2n) is 8.17. The maximum Gasteiger partial charge on any atom is 0.480 e. The van der Waals surface area contributed by atoms with Crippen molar-refractivity contribution in [2.75, 3.05) is 0 Å². The van der Waals surface area contributed by atoms with Crippen LogP contribution in [0.2, 0.25) is 0 Å². The Hall–Kier alpha value is -1.39. The molecule has 1 heterocycles. The Morgan fingerprint density at radius 3 is 1.97 bits per heavy atom. The average molecular weight is 532 g/mol. The minimum Gasteiger partial charge on any atom is -0.421 e. The Morgan fingerprint density at radius 2 is 1.58 bits per heavy atom. The molecule has 0 N–H and O–H groups in total. The molecule has 0 amide bonds. The molecule has 2 rings (SSSR count). The molecule has 1 aromatic heterocycles. The molecule has 1 aromatic rings. The van der Waals surface area contributed by atoms with Gasteiger partial charge in [-0.15, -0.1) is 0 Å². The molecule has 16 heteroatoms. The topological polar surface area (TPSA) is 100 Å². The Bertz CT molecular complexity index is 932. The maximum absolute atomic E-state index is 11.4. The summed E-state index contributed by atoms with van der Waals surface area (Å²) in [5.41, 5.74) is -12.4. The lowest BCUT2D eigenvalue weighted by Gasteiger charge is -2.36. The van der Waals surface area contributed by atoms with Crippen molar-refractivity contribution < 1.29 is 52.5 Å². The molecule has 1 saturated carbocycles. The van der Waals surface area contributed by atoms with Crippen molar-refractivity contribution in [2.24, 2.45) is 24.8 Å². The van der Waals surface area contributed by atoms with Crippen LogP contribution in [0.1, 0.15) is 40.0 Å². The van der Waals surface area contributed by atoms with Crippen LogP contribution < -0.4 is 4.57 Å². The van der Waals surface area contributed by atoms with Gasteiger partial charge in [0, 0.05) is 0 Å². The predicted octanol–water partition coefficient (Wildman–Crippen LogP) is 3.81. The fraction of sp³-hybridized carbons (Fsp3) is 0.824. The summed E-state index contributed by atoms with van der Waals surface area (Å²) in [6.45, 7) is 7.68. The number of hydrogen-bond acceptors (Lipinski definition) is 5. The lowest BCUT2D eigenvalue weighted by Crippen LogP contribution is -2.34. The number of aromatic nitrogens is 2. The monoisotopic (exact) mass is 531 g/mol. The number of imidazole rings is 1. The first kappa shape index (κ1) is 29.6. The molecular weight excluding hydrogens is 504 g/mol. The molecule has 0 radical (unpaired) electrons. The number of nitrogens with zero attached hydrogens (tertiary/aromatic N) is 3. The molecule has 33 heavy (non-hydrogen) atoms. The van der Waals surface area contributed by atoms with E-state index in [1.54, 1.807) is 0 Å². The minimum atomic E-state index is -6.72. The normalized spacial score (nSPS) is 22.7. The molecule has 0 saturated heterocycles. The number of rotatable bonds is 6. The van der Waals surface area contributed by atoms with Gasteiger partial charge in [-0.25, -0.2) is 26.0 Å². The van der Waals surface area contributed by atoms with Crippen molar-refractivity contribution in [3.63, 3.8) is 0 Å². The van der Waals surface area contributed by atoms with Crippen molar-refractivity contribution in [1.82, 2.24) is 4.57 Å². The van der Waals surface area contributed by atoms with Crippen LogP contribution in [0.5, 0.6) is 0 Å². The van der Waals surface area contributed by atoms with Crippen LogP contribution >= 0.6 is 0 Å². The number of aryl methyl sites for hydroxylation is 1. The van der Waals surface area contributed by atoms with Crippen molar-refractivity contribution in [3.8, 4) is 0 Å². The van der Waals surface area contributed by atoms with Crippen LogP contribution in [0.3, 0.4) is 0 Å². The first-order valence-electron chi connectivity index (χ1n) is 9.76. The van der Waals surface area contributed by atoms with Crippen LogP contribution in [-0.4, -0.2) is 38.5 Å². The second-order valence-corrected chi connectivity index (χ2v) is 11.6. The van der Waals surface area contributed by atoms with E-state index in [4.69, 9.17) is 4.74 Å². The third kappa shape index (κ3) is 8.72. The van der Waals surface area contributed by atoms with Gasteiger partial charge < -0.3 is 8.86 Å². The number of hydrogen-bond donors (Lipinski definition) is 0. The first-order valence-corrected chi connectivity index (χ1v) is 12.6. The molecule has 194 valence electrons. The van der Waals surface area contributed by atoms with Crippen LogP contribution in [0.4, 0.5) is 26.3 Å². The van der Waals surface area contributed by atoms with Crippen molar-refractivity contribution in [3.05, 3.63) is 22.8 Å². The summed E-state index contributed by atoms with van der Waals surface area (Å²) in [5, 5.41) is 0. The van der Waals surface area contributed by atoms with Crippen molar-refractivity contribution in [1.29, 1.82) is 0 Å². The molecule has 3 atom stereocenters. The smallest absolute Gasteiger partial charge is 0.421 e. The number of ether oxygens (including phenoxy) is 1. The summed E-state index contributed by atoms with van der Waals surface area (Å²) in [4.78, 5) is 0. The molecule has 1 aliphatic rings. The molecule has 0 unspecified atom stereocenters. The Morgan fingerprint density at radius 1 is 1.06 bits per heavy atom. The van der Waals surface area contributed by atoms with Crippen LogP contribution in [0.15, 0.2) is 18.7 Å². The Kier molecular flexibility index (Phi) is 9.79. The fourth-order valence-electron chi connectivity index (χ4n) is 3.28. The molecule has 0 spiro atoms. The van der Waals surface area contributed by atoms with E-state index < -0.39 is 31.1 Å². The van der Waals surface area contributed by atoms with Gasteiger partial charge in [0.25, 0.3) is 0 Å². The number of sulfonamides is 2. The second kappa shape index (κ2) is 10.9. The van der Waals surface area contributed by atoms with E-state index in [-0.39, 0.29) is 0 Å². The highest BCUT2D eigenvalue weighted by molar-refractivity contribution is 8.13. The largest absolute Gasteiger partial charge is 0.480 e. The van der Waals surface area contributed by atoms with E-state index in [9.17, 15) is 43.2 Å². The van der Waals surface area contributed by atoms with E-state index >= 15 is 0 Å². The molecule has 1 fully saturated rings. The molecule has 1 aliphatic carbocycles. The maximum atomic E-state index is 11.4. The summed E-state index contributed by atoms with van der Waals surface area (Å²) in [7, 11) is -11.4. The van der Waals surface area contributed by atoms with Crippen LogP contribution in [0, 0.1) is 17.8 Å². The van der Waals surface area contributed by atoms with Gasteiger partial charge in [0.05, 0.1) is 13.2 Å². The zero-order chi connectivity index (χ0) is 25.8. The zero-order valence-electron chi connectivity index (χ0n) is 18.3. The molecule has 8 nitrogen and oxygen atoms in total. The summed E-state index contributed by atoms with van der Waals surface area (Å²) in [6.07, 6.45) is 10.5. The highest BCUT2D eigenvalue weighted by atomic mass is 32.3. The van der Waals surface area contributed by atoms with E-state index in [0.29, 0.717) is 12.8 Å². The van der Waals surface area contributed by atoms with Crippen molar-refractivity contribution >= 4 is 20.0 Å². The van der Waals surface area contributed by atoms with Gasteiger partial charge in [0.1, 0.15) is 12.4 Å². The fourth-order valence-corrected chi connectivity index (χ4v) is 4.99. The van der Waals surface area contributed by atoms with E-state index in [0.717, 1.165) is 21.9 Å². The Labute approximate surface area is 189 Å². The predicted molar refractivity (Wildman–Crippen MR) is 105 cm³/mol. The molecular formula is C17H27F6N3O5S2. The van der Waals surface area contributed by atoms with E-state index in [1.165, 1.54) is 19.3 Å². The van der Waals surface area contributed by atoms with Gasteiger partial charge in [-0.2, -0.15) is 26.3 Å². The highest BCUT2D eigenvalue weighted by Crippen LogP contribution is 2.36. The Balaban J connectivity index is 0.000000337. The molecule has 0 bridgehead atoms. The third-order valence-electron chi connectivity index (χ3n) is 5.00. The minimum absolute atomic E-state index is 0.432. The van der Waals surface area contributed by atoms with Gasteiger partial charge in [0.2, 0.25) is 6.33 Å².